The first-order chi connectivity index (χ1) is 13.3. The Morgan fingerprint density at radius 2 is 1.96 bits per heavy atom. The number of nitrogens with zero attached hydrogens (tertiary/aromatic N) is 1. The summed E-state index contributed by atoms with van der Waals surface area (Å²) in [6.45, 7) is 8.65. The molecule has 1 aromatic carbocycles. The highest BCUT2D eigenvalue weighted by molar-refractivity contribution is 6.71. The van der Waals surface area contributed by atoms with Crippen molar-refractivity contribution in [3.8, 4) is 0 Å². The van der Waals surface area contributed by atoms with Crippen molar-refractivity contribution in [2.24, 2.45) is 11.8 Å². The largest absolute Gasteiger partial charge is 0.447 e. The van der Waals surface area contributed by atoms with Crippen molar-refractivity contribution in [2.75, 3.05) is 6.61 Å². The molecule has 1 fully saturated rings. The average Bonchev–Trinajstić information content (AvgIpc) is 2.96. The number of amides is 2. The standard InChI is InChI=1S/C22H31NO4Si/c1-16(2)19-15-26-22(25)23(19)21(24)18-11-8-14-28(3,4)27-20(18)13-12-17-9-6-5-7-10-17/h5-11,16,18-20H,12-15H2,1-4H3/t18-,19+,20+/m0/s1. The summed E-state index contributed by atoms with van der Waals surface area (Å²) in [5, 5.41) is 0. The second-order valence-electron chi connectivity index (χ2n) is 8.69. The van der Waals surface area contributed by atoms with Gasteiger partial charge in [0.2, 0.25) is 5.91 Å². The first-order valence-corrected chi connectivity index (χ1v) is 13.3. The van der Waals surface area contributed by atoms with E-state index in [0.717, 1.165) is 18.9 Å². The number of imide groups is 1. The Morgan fingerprint density at radius 1 is 1.25 bits per heavy atom. The summed E-state index contributed by atoms with van der Waals surface area (Å²) in [4.78, 5) is 27.1. The normalized spacial score (nSPS) is 27.0. The van der Waals surface area contributed by atoms with E-state index in [0.29, 0.717) is 0 Å². The molecule has 0 N–H and O–H groups in total. The molecule has 6 heteroatoms. The van der Waals surface area contributed by atoms with Gasteiger partial charge in [0.25, 0.3) is 0 Å². The van der Waals surface area contributed by atoms with Crippen molar-refractivity contribution < 1.29 is 18.8 Å². The molecule has 1 aromatic rings. The molecule has 2 amide bonds. The molecule has 0 radical (unpaired) electrons. The van der Waals surface area contributed by atoms with Crippen LogP contribution in [0.3, 0.4) is 0 Å². The van der Waals surface area contributed by atoms with E-state index in [1.54, 1.807) is 0 Å². The molecule has 2 heterocycles. The minimum atomic E-state index is -1.90. The highest BCUT2D eigenvalue weighted by atomic mass is 28.4. The van der Waals surface area contributed by atoms with Crippen LogP contribution in [-0.4, -0.2) is 44.0 Å². The van der Waals surface area contributed by atoms with Crippen LogP contribution in [0.1, 0.15) is 25.8 Å². The maximum atomic E-state index is 13.4. The number of carbonyl (C=O) groups is 2. The van der Waals surface area contributed by atoms with Crippen molar-refractivity contribution in [3.63, 3.8) is 0 Å². The number of hydrogen-bond donors (Lipinski definition) is 0. The number of benzene rings is 1. The molecule has 2 aliphatic heterocycles. The van der Waals surface area contributed by atoms with Gasteiger partial charge in [0, 0.05) is 0 Å². The van der Waals surface area contributed by atoms with Crippen molar-refractivity contribution in [1.29, 1.82) is 0 Å². The van der Waals surface area contributed by atoms with Gasteiger partial charge in [0.15, 0.2) is 8.32 Å². The summed E-state index contributed by atoms with van der Waals surface area (Å²) in [5.41, 5.74) is 1.23. The van der Waals surface area contributed by atoms with E-state index >= 15 is 0 Å². The molecule has 0 aliphatic carbocycles. The Labute approximate surface area is 168 Å². The average molecular weight is 402 g/mol. The van der Waals surface area contributed by atoms with Gasteiger partial charge in [-0.25, -0.2) is 9.69 Å². The number of ether oxygens (including phenoxy) is 1. The summed E-state index contributed by atoms with van der Waals surface area (Å²) >= 11 is 0. The Kier molecular flexibility index (Phi) is 6.40. The first kappa shape index (κ1) is 20.8. The highest BCUT2D eigenvalue weighted by Crippen LogP contribution is 2.31. The smallest absolute Gasteiger partial charge is 0.417 e. The summed E-state index contributed by atoms with van der Waals surface area (Å²) in [5.74, 6) is -0.494. The van der Waals surface area contributed by atoms with Gasteiger partial charge in [-0.05, 0) is 43.5 Å². The Morgan fingerprint density at radius 3 is 2.64 bits per heavy atom. The number of aryl methyl sites for hydroxylation is 1. The number of carbonyl (C=O) groups excluding carboxylic acids is 2. The van der Waals surface area contributed by atoms with Crippen LogP contribution in [0.25, 0.3) is 0 Å². The molecular weight excluding hydrogens is 370 g/mol. The predicted octanol–water partition coefficient (Wildman–Crippen LogP) is 4.40. The lowest BCUT2D eigenvalue weighted by atomic mass is 9.93. The summed E-state index contributed by atoms with van der Waals surface area (Å²) in [6, 6.07) is 10.9. The molecule has 0 saturated carbocycles. The number of hydrogen-bond acceptors (Lipinski definition) is 4. The topological polar surface area (TPSA) is 55.8 Å². The van der Waals surface area contributed by atoms with Gasteiger partial charge in [-0.2, -0.15) is 0 Å². The maximum absolute atomic E-state index is 13.4. The van der Waals surface area contributed by atoms with E-state index in [9.17, 15) is 9.59 Å². The van der Waals surface area contributed by atoms with Gasteiger partial charge < -0.3 is 9.16 Å². The van der Waals surface area contributed by atoms with Crippen LogP contribution >= 0.6 is 0 Å². The second kappa shape index (κ2) is 8.62. The Hall–Kier alpha value is -1.92. The zero-order valence-corrected chi connectivity index (χ0v) is 18.3. The van der Waals surface area contributed by atoms with E-state index in [2.05, 4.69) is 31.3 Å². The molecule has 2 aliphatic rings. The van der Waals surface area contributed by atoms with E-state index in [1.165, 1.54) is 10.5 Å². The van der Waals surface area contributed by atoms with Gasteiger partial charge in [-0.3, -0.25) is 4.79 Å². The summed E-state index contributed by atoms with van der Waals surface area (Å²) in [6.07, 6.45) is 4.86. The lowest BCUT2D eigenvalue weighted by molar-refractivity contribution is -0.135. The summed E-state index contributed by atoms with van der Waals surface area (Å²) < 4.78 is 11.7. The number of allylic oxidation sites excluding steroid dienone is 1. The van der Waals surface area contributed by atoms with Crippen LogP contribution in [0.4, 0.5) is 4.79 Å². The molecule has 3 rings (SSSR count). The van der Waals surface area contributed by atoms with Crippen molar-refractivity contribution in [2.45, 2.75) is 58.0 Å². The molecule has 0 unspecified atom stereocenters. The SMILES string of the molecule is CC(C)[C@H]1COC(=O)N1C(=O)[C@H]1C=CC[Si](C)(C)O[C@@H]1CCc1ccccc1. The maximum Gasteiger partial charge on any atom is 0.417 e. The van der Waals surface area contributed by atoms with Gasteiger partial charge in [-0.15, -0.1) is 0 Å². The lowest BCUT2D eigenvalue weighted by Gasteiger charge is -2.32. The molecule has 3 atom stereocenters. The molecule has 0 bridgehead atoms. The minimum Gasteiger partial charge on any atom is -0.447 e. The van der Waals surface area contributed by atoms with Crippen molar-refractivity contribution >= 4 is 20.3 Å². The van der Waals surface area contributed by atoms with Crippen LogP contribution in [0, 0.1) is 11.8 Å². The quantitative estimate of drug-likeness (QED) is 0.542. The summed E-state index contributed by atoms with van der Waals surface area (Å²) in [7, 11) is -1.90. The fourth-order valence-corrected chi connectivity index (χ4v) is 5.81. The van der Waals surface area contributed by atoms with E-state index in [1.807, 2.05) is 38.1 Å². The number of cyclic esters (lactones) is 1. The number of rotatable bonds is 5. The van der Waals surface area contributed by atoms with Crippen LogP contribution < -0.4 is 0 Å². The fourth-order valence-electron chi connectivity index (χ4n) is 3.93. The third kappa shape index (κ3) is 4.73. The van der Waals surface area contributed by atoms with Gasteiger partial charge >= 0.3 is 6.09 Å². The monoisotopic (exact) mass is 401 g/mol. The van der Waals surface area contributed by atoms with Crippen molar-refractivity contribution in [3.05, 3.63) is 48.0 Å². The second-order valence-corrected chi connectivity index (χ2v) is 12.9. The highest BCUT2D eigenvalue weighted by Gasteiger charge is 2.45. The molecule has 5 nitrogen and oxygen atoms in total. The molecule has 28 heavy (non-hydrogen) atoms. The zero-order chi connectivity index (χ0) is 20.3. The van der Waals surface area contributed by atoms with Gasteiger partial charge in [0.1, 0.15) is 6.61 Å². The van der Waals surface area contributed by atoms with Crippen LogP contribution in [0.2, 0.25) is 19.1 Å². The van der Waals surface area contributed by atoms with E-state index in [-0.39, 0.29) is 30.6 Å². The Balaban J connectivity index is 1.82. The Bertz CT molecular complexity index is 731. The van der Waals surface area contributed by atoms with Crippen LogP contribution in [0.5, 0.6) is 0 Å². The lowest BCUT2D eigenvalue weighted by Crippen LogP contribution is -2.48. The minimum absolute atomic E-state index is 0.152. The van der Waals surface area contributed by atoms with Crippen LogP contribution in [0.15, 0.2) is 42.5 Å². The van der Waals surface area contributed by atoms with E-state index < -0.39 is 20.3 Å². The van der Waals surface area contributed by atoms with Crippen molar-refractivity contribution in [1.82, 2.24) is 4.90 Å². The fraction of sp³-hybridized carbons (Fsp3) is 0.545. The first-order valence-electron chi connectivity index (χ1n) is 10.2. The van der Waals surface area contributed by atoms with Gasteiger partial charge in [-0.1, -0.05) is 56.3 Å². The molecule has 0 spiro atoms. The molecule has 152 valence electrons. The third-order valence-electron chi connectivity index (χ3n) is 5.58. The zero-order valence-electron chi connectivity index (χ0n) is 17.3. The predicted molar refractivity (Wildman–Crippen MR) is 111 cm³/mol. The van der Waals surface area contributed by atoms with Gasteiger partial charge in [0.05, 0.1) is 18.1 Å². The molecular formula is C22H31NO4Si. The molecule has 0 aromatic heterocycles. The van der Waals surface area contributed by atoms with E-state index in [4.69, 9.17) is 9.16 Å². The molecule has 1 saturated heterocycles. The van der Waals surface area contributed by atoms with Crippen LogP contribution in [-0.2, 0) is 20.4 Å². The third-order valence-corrected chi connectivity index (χ3v) is 7.74.